The molecule has 1 rings (SSSR count). The van der Waals surface area contributed by atoms with Crippen LogP contribution in [0.1, 0.15) is 0 Å². The first-order valence-electron chi connectivity index (χ1n) is 3.02. The number of hydrogen-bond acceptors (Lipinski definition) is 1. The van der Waals surface area contributed by atoms with Crippen LogP contribution in [0.3, 0.4) is 0 Å². The van der Waals surface area contributed by atoms with Gasteiger partial charge in [-0.05, 0) is 39.7 Å². The van der Waals surface area contributed by atoms with Gasteiger partial charge in [0.05, 0.1) is 10.2 Å². The molecule has 0 unspecified atom stereocenters. The number of carbonyl (C=O) groups excluding carboxylic acids is 1. The molecule has 12 heavy (non-hydrogen) atoms. The largest absolute Gasteiger partial charge is 0.318 e. The molecule has 0 saturated heterocycles. The van der Waals surface area contributed by atoms with E-state index in [-0.39, 0.29) is 4.47 Å². The van der Waals surface area contributed by atoms with Crippen molar-refractivity contribution in [2.45, 2.75) is 0 Å². The van der Waals surface area contributed by atoms with Crippen molar-refractivity contribution in [3.63, 3.8) is 0 Å². The van der Waals surface area contributed by atoms with E-state index in [0.717, 1.165) is 0 Å². The van der Waals surface area contributed by atoms with Gasteiger partial charge in [-0.1, -0.05) is 6.07 Å². The Labute approximate surface area is 81.8 Å². The van der Waals surface area contributed by atoms with Crippen LogP contribution in [0.4, 0.5) is 14.9 Å². The zero-order chi connectivity index (χ0) is 9.14. The first-order valence-corrected chi connectivity index (χ1v) is 4.19. The molecule has 64 valence electrons. The maximum absolute atomic E-state index is 12.8. The lowest BCUT2D eigenvalue weighted by Crippen LogP contribution is -2.02. The number of anilines is 1. The topological polar surface area (TPSA) is 29.1 Å². The summed E-state index contributed by atoms with van der Waals surface area (Å²) in [4.78, 5) is 10.4. The molecular weight excluding hydrogens is 248 g/mol. The van der Waals surface area contributed by atoms with Crippen molar-refractivity contribution in [3.8, 4) is 0 Å². The molecule has 0 aliphatic heterocycles. The van der Waals surface area contributed by atoms with E-state index in [9.17, 15) is 9.18 Å². The van der Waals surface area contributed by atoms with Crippen molar-refractivity contribution < 1.29 is 9.18 Å². The molecule has 0 saturated carbocycles. The molecule has 2 nitrogen and oxygen atoms in total. The van der Waals surface area contributed by atoms with Crippen LogP contribution in [-0.2, 0) is 0 Å². The zero-order valence-corrected chi connectivity index (χ0v) is 8.12. The lowest BCUT2D eigenvalue weighted by atomic mass is 10.3. The van der Waals surface area contributed by atoms with Crippen LogP contribution in [0.25, 0.3) is 0 Å². The van der Waals surface area contributed by atoms with Gasteiger partial charge < -0.3 is 5.32 Å². The first-order chi connectivity index (χ1) is 5.61. The predicted molar refractivity (Wildman–Crippen MR) is 49.0 cm³/mol. The van der Waals surface area contributed by atoms with Crippen molar-refractivity contribution in [2.75, 3.05) is 5.32 Å². The molecule has 0 atom stereocenters. The Morgan fingerprint density at radius 3 is 2.83 bits per heavy atom. The molecule has 0 fully saturated rings. The van der Waals surface area contributed by atoms with E-state index < -0.39 is 11.2 Å². The SMILES string of the molecule is O=C(Cl)Nc1cccc(F)c1Br. The van der Waals surface area contributed by atoms with E-state index >= 15 is 0 Å². The van der Waals surface area contributed by atoms with Gasteiger partial charge in [0.2, 0.25) is 0 Å². The van der Waals surface area contributed by atoms with Gasteiger partial charge in [-0.25, -0.2) is 4.39 Å². The molecular formula is C7H4BrClFNO. The van der Waals surface area contributed by atoms with Crippen molar-refractivity contribution >= 4 is 38.6 Å². The van der Waals surface area contributed by atoms with Crippen molar-refractivity contribution in [2.24, 2.45) is 0 Å². The summed E-state index contributed by atoms with van der Waals surface area (Å²) in [6, 6.07) is 4.28. The van der Waals surface area contributed by atoms with E-state index in [2.05, 4.69) is 21.2 Å². The lowest BCUT2D eigenvalue weighted by Gasteiger charge is -2.03. The highest BCUT2D eigenvalue weighted by Crippen LogP contribution is 2.25. The summed E-state index contributed by atoms with van der Waals surface area (Å²) in [5, 5.41) is 1.50. The third-order valence-corrected chi connectivity index (χ3v) is 2.08. The highest BCUT2D eigenvalue weighted by atomic mass is 79.9. The molecule has 0 bridgehead atoms. The first kappa shape index (κ1) is 9.48. The number of amides is 1. The maximum Gasteiger partial charge on any atom is 0.318 e. The van der Waals surface area contributed by atoms with Gasteiger partial charge in [0.15, 0.2) is 0 Å². The third-order valence-electron chi connectivity index (χ3n) is 1.18. The van der Waals surface area contributed by atoms with Crippen LogP contribution in [-0.4, -0.2) is 5.37 Å². The molecule has 0 aliphatic rings. The number of benzene rings is 1. The smallest absolute Gasteiger partial charge is 0.311 e. The average Bonchev–Trinajstić information content (AvgIpc) is 1.98. The summed E-state index contributed by atoms with van der Waals surface area (Å²) in [7, 11) is 0. The third kappa shape index (κ3) is 2.19. The van der Waals surface area contributed by atoms with Crippen molar-refractivity contribution in [1.29, 1.82) is 0 Å². The second kappa shape index (κ2) is 3.87. The van der Waals surface area contributed by atoms with Crippen LogP contribution in [0, 0.1) is 5.82 Å². The molecule has 1 amide bonds. The molecule has 1 aromatic rings. The minimum absolute atomic E-state index is 0.194. The van der Waals surface area contributed by atoms with Gasteiger partial charge in [-0.3, -0.25) is 4.79 Å². The normalized spacial score (nSPS) is 9.58. The highest BCUT2D eigenvalue weighted by molar-refractivity contribution is 9.10. The highest BCUT2D eigenvalue weighted by Gasteiger charge is 2.05. The average molecular weight is 252 g/mol. The Morgan fingerprint density at radius 1 is 1.58 bits per heavy atom. The predicted octanol–water partition coefficient (Wildman–Crippen LogP) is 3.36. The van der Waals surface area contributed by atoms with Gasteiger partial charge in [-0.15, -0.1) is 0 Å². The number of nitrogens with one attached hydrogen (secondary N) is 1. The fourth-order valence-corrected chi connectivity index (χ4v) is 1.17. The second-order valence-electron chi connectivity index (χ2n) is 2.00. The summed E-state index contributed by atoms with van der Waals surface area (Å²) in [6.45, 7) is 0. The maximum atomic E-state index is 12.8. The fraction of sp³-hybridized carbons (Fsp3) is 0. The molecule has 1 N–H and O–H groups in total. The van der Waals surface area contributed by atoms with Crippen LogP contribution in [0.5, 0.6) is 0 Å². The molecule has 0 radical (unpaired) electrons. The lowest BCUT2D eigenvalue weighted by molar-refractivity contribution is 0.269. The van der Waals surface area contributed by atoms with E-state index in [4.69, 9.17) is 11.6 Å². The van der Waals surface area contributed by atoms with Gasteiger partial charge in [0, 0.05) is 0 Å². The van der Waals surface area contributed by atoms with Crippen molar-refractivity contribution in [3.05, 3.63) is 28.5 Å². The van der Waals surface area contributed by atoms with Crippen LogP contribution in [0.2, 0.25) is 0 Å². The minimum Gasteiger partial charge on any atom is -0.311 e. The van der Waals surface area contributed by atoms with E-state index in [0.29, 0.717) is 5.69 Å². The Hall–Kier alpha value is -0.610. The number of hydrogen-bond donors (Lipinski definition) is 1. The van der Waals surface area contributed by atoms with Gasteiger partial charge in [-0.2, -0.15) is 0 Å². The molecule has 0 aromatic heterocycles. The monoisotopic (exact) mass is 251 g/mol. The Morgan fingerprint density at radius 2 is 2.25 bits per heavy atom. The summed E-state index contributed by atoms with van der Waals surface area (Å²) in [5.74, 6) is -0.446. The summed E-state index contributed by atoms with van der Waals surface area (Å²) in [6.07, 6.45) is 0. The summed E-state index contributed by atoms with van der Waals surface area (Å²) >= 11 is 8.00. The van der Waals surface area contributed by atoms with Gasteiger partial charge in [0.25, 0.3) is 0 Å². The Kier molecular flexibility index (Phi) is 3.05. The quantitative estimate of drug-likeness (QED) is 0.603. The van der Waals surface area contributed by atoms with Crippen LogP contribution < -0.4 is 5.32 Å². The standard InChI is InChI=1S/C7H4BrClFNO/c8-6-4(10)2-1-3-5(6)11-7(9)12/h1-3H,(H,11,12). The molecule has 1 aromatic carbocycles. The summed E-state index contributed by atoms with van der Waals surface area (Å²) < 4.78 is 13.0. The minimum atomic E-state index is -0.749. The van der Waals surface area contributed by atoms with E-state index in [1.807, 2.05) is 0 Å². The van der Waals surface area contributed by atoms with Gasteiger partial charge in [0.1, 0.15) is 5.82 Å². The van der Waals surface area contributed by atoms with E-state index in [1.54, 1.807) is 0 Å². The Bertz CT molecular complexity index is 318. The zero-order valence-electron chi connectivity index (χ0n) is 5.77. The van der Waals surface area contributed by atoms with Crippen LogP contribution >= 0.6 is 27.5 Å². The molecule has 0 heterocycles. The number of halogens is 3. The van der Waals surface area contributed by atoms with Crippen LogP contribution in [0.15, 0.2) is 22.7 Å². The summed E-state index contributed by atoms with van der Waals surface area (Å²) in [5.41, 5.74) is 0.315. The number of carbonyl (C=O) groups is 1. The second-order valence-corrected chi connectivity index (χ2v) is 3.14. The molecule has 0 aliphatic carbocycles. The number of rotatable bonds is 1. The van der Waals surface area contributed by atoms with Gasteiger partial charge >= 0.3 is 5.37 Å². The molecule has 0 spiro atoms. The Balaban J connectivity index is 3.00. The van der Waals surface area contributed by atoms with Crippen molar-refractivity contribution in [1.82, 2.24) is 0 Å². The fourth-order valence-electron chi connectivity index (χ4n) is 0.706. The molecule has 5 heteroatoms. The van der Waals surface area contributed by atoms with E-state index in [1.165, 1.54) is 18.2 Å².